The van der Waals surface area contributed by atoms with Crippen molar-refractivity contribution in [2.45, 2.75) is 71.6 Å². The molecule has 0 radical (unpaired) electrons. The summed E-state index contributed by atoms with van der Waals surface area (Å²) < 4.78 is 0. The summed E-state index contributed by atoms with van der Waals surface area (Å²) in [6, 6.07) is 0.187. The molecule has 2 aliphatic carbocycles. The Morgan fingerprint density at radius 2 is 1.61 bits per heavy atom. The van der Waals surface area contributed by atoms with Crippen LogP contribution in [0, 0.1) is 10.8 Å². The van der Waals surface area contributed by atoms with Crippen LogP contribution in [0.2, 0.25) is 0 Å². The van der Waals surface area contributed by atoms with Crippen molar-refractivity contribution < 1.29 is 10.2 Å². The van der Waals surface area contributed by atoms with Crippen LogP contribution in [-0.2, 0) is 0 Å². The molecule has 0 aliphatic heterocycles. The van der Waals surface area contributed by atoms with E-state index in [2.05, 4.69) is 6.58 Å². The molecule has 3 atom stereocenters. The quantitative estimate of drug-likeness (QED) is 0.581. The van der Waals surface area contributed by atoms with Crippen LogP contribution in [0.4, 0.5) is 0 Å². The van der Waals surface area contributed by atoms with Gasteiger partial charge in [0.2, 0.25) is 0 Å². The van der Waals surface area contributed by atoms with Crippen LogP contribution >= 0.6 is 0 Å². The van der Waals surface area contributed by atoms with Gasteiger partial charge in [-0.05, 0) is 25.7 Å². The molecule has 0 saturated heterocycles. The largest absolute Gasteiger partial charge is 0.393 e. The summed E-state index contributed by atoms with van der Waals surface area (Å²) in [5.74, 6) is 0. The zero-order valence-corrected chi connectivity index (χ0v) is 12.2. The predicted octanol–water partition coefficient (Wildman–Crippen LogP) is 2.22. The first-order valence-corrected chi connectivity index (χ1v) is 6.90. The van der Waals surface area contributed by atoms with Crippen LogP contribution in [0.3, 0.4) is 0 Å². The minimum atomic E-state index is -0.188. The van der Waals surface area contributed by atoms with Crippen LogP contribution in [-0.4, -0.2) is 28.5 Å². The van der Waals surface area contributed by atoms with Crippen molar-refractivity contribution in [3.63, 3.8) is 0 Å². The van der Waals surface area contributed by atoms with E-state index in [9.17, 15) is 10.2 Å². The first-order valence-electron chi connectivity index (χ1n) is 6.90. The normalized spacial score (nSPS) is 37.3. The van der Waals surface area contributed by atoms with E-state index in [4.69, 9.17) is 5.73 Å². The fraction of sp³-hybridized carbons (Fsp3) is 0.867. The third-order valence-corrected chi connectivity index (χ3v) is 5.03. The molecule has 2 aliphatic rings. The zero-order valence-electron chi connectivity index (χ0n) is 12.2. The number of hydrogen-bond acceptors (Lipinski definition) is 3. The van der Waals surface area contributed by atoms with E-state index in [1.54, 1.807) is 0 Å². The lowest BCUT2D eigenvalue weighted by atomic mass is 9.86. The van der Waals surface area contributed by atoms with Gasteiger partial charge in [0, 0.05) is 16.9 Å². The molecule has 0 aromatic heterocycles. The molecular weight excluding hydrogens is 226 g/mol. The van der Waals surface area contributed by atoms with Crippen molar-refractivity contribution in [1.29, 1.82) is 0 Å². The zero-order chi connectivity index (χ0) is 14.1. The fourth-order valence-electron chi connectivity index (χ4n) is 2.56. The van der Waals surface area contributed by atoms with Gasteiger partial charge in [-0.15, -0.1) is 0 Å². The van der Waals surface area contributed by atoms with E-state index in [1.165, 1.54) is 5.57 Å². The number of rotatable bonds is 0. The summed E-state index contributed by atoms with van der Waals surface area (Å²) in [6.07, 6.45) is 3.38. The van der Waals surface area contributed by atoms with Crippen molar-refractivity contribution in [3.8, 4) is 0 Å². The molecule has 4 N–H and O–H groups in total. The second kappa shape index (κ2) is 5.32. The first-order chi connectivity index (χ1) is 8.10. The van der Waals surface area contributed by atoms with Crippen LogP contribution in [0.1, 0.15) is 53.4 Å². The van der Waals surface area contributed by atoms with Crippen molar-refractivity contribution >= 4 is 0 Å². The number of aliphatic hydroxyl groups is 2. The molecule has 2 rings (SSSR count). The van der Waals surface area contributed by atoms with Gasteiger partial charge in [-0.3, -0.25) is 0 Å². The van der Waals surface area contributed by atoms with Gasteiger partial charge >= 0.3 is 0 Å². The number of aliphatic hydroxyl groups excluding tert-OH is 2. The molecule has 0 heterocycles. The Hall–Kier alpha value is -0.380. The lowest BCUT2D eigenvalue weighted by molar-refractivity contribution is 0.0718. The minimum absolute atomic E-state index is 0.0278. The van der Waals surface area contributed by atoms with Crippen LogP contribution in [0.25, 0.3) is 0 Å². The molecular formula is C15H29NO2. The van der Waals surface area contributed by atoms with Gasteiger partial charge in [0.1, 0.15) is 0 Å². The summed E-state index contributed by atoms with van der Waals surface area (Å²) in [4.78, 5) is 0. The average Bonchev–Trinajstić information content (AvgIpc) is 2.65. The van der Waals surface area contributed by atoms with Gasteiger partial charge in [-0.1, -0.05) is 39.8 Å². The van der Waals surface area contributed by atoms with Crippen molar-refractivity contribution in [3.05, 3.63) is 12.2 Å². The molecule has 0 amide bonds. The molecule has 0 bridgehead atoms. The Bertz CT molecular complexity index is 298. The molecule has 0 spiro atoms. The van der Waals surface area contributed by atoms with Crippen LogP contribution in [0.15, 0.2) is 12.2 Å². The molecule has 3 unspecified atom stereocenters. The second-order valence-electron chi connectivity index (χ2n) is 6.90. The Kier molecular flexibility index (Phi) is 4.63. The van der Waals surface area contributed by atoms with Gasteiger partial charge in [0.15, 0.2) is 0 Å². The van der Waals surface area contributed by atoms with Gasteiger partial charge in [0.05, 0.1) is 12.2 Å². The van der Waals surface area contributed by atoms with E-state index in [0.29, 0.717) is 0 Å². The van der Waals surface area contributed by atoms with Crippen molar-refractivity contribution in [1.82, 2.24) is 0 Å². The monoisotopic (exact) mass is 255 g/mol. The van der Waals surface area contributed by atoms with Crippen LogP contribution in [0.5, 0.6) is 0 Å². The molecule has 2 fully saturated rings. The summed E-state index contributed by atoms with van der Waals surface area (Å²) in [7, 11) is 0. The van der Waals surface area contributed by atoms with E-state index < -0.39 is 0 Å². The molecule has 18 heavy (non-hydrogen) atoms. The third kappa shape index (κ3) is 2.95. The molecule has 3 heteroatoms. The minimum Gasteiger partial charge on any atom is -0.393 e. The maximum Gasteiger partial charge on any atom is 0.0631 e. The molecule has 3 nitrogen and oxygen atoms in total. The standard InChI is InChI=1S/C8H14O.C7H15NO/c1-6-4-5-7(9)8(6,2)3;1-7(2)5(8)3-4-6(7)9/h7,9H,1,4-5H2,2-3H3;5-6,9H,3-4,8H2,1-2H3. The summed E-state index contributed by atoms with van der Waals surface area (Å²) in [5.41, 5.74) is 6.85. The Labute approximate surface area is 111 Å². The maximum absolute atomic E-state index is 9.37. The maximum atomic E-state index is 9.37. The highest BCUT2D eigenvalue weighted by Crippen LogP contribution is 2.40. The lowest BCUT2D eigenvalue weighted by Crippen LogP contribution is -2.38. The Balaban J connectivity index is 0.000000180. The average molecular weight is 255 g/mol. The SMILES string of the molecule is C=C1CCC(O)C1(C)C.CC1(C)C(N)CCC1O. The fourth-order valence-corrected chi connectivity index (χ4v) is 2.56. The second-order valence-corrected chi connectivity index (χ2v) is 6.90. The van der Waals surface area contributed by atoms with E-state index in [1.807, 2.05) is 27.7 Å². The van der Waals surface area contributed by atoms with Gasteiger partial charge < -0.3 is 15.9 Å². The van der Waals surface area contributed by atoms with E-state index in [-0.39, 0.29) is 29.1 Å². The molecule has 2 saturated carbocycles. The number of hydrogen-bond donors (Lipinski definition) is 3. The summed E-state index contributed by atoms with van der Waals surface area (Å²) in [6.45, 7) is 12.0. The van der Waals surface area contributed by atoms with Gasteiger partial charge in [0.25, 0.3) is 0 Å². The molecule has 106 valence electrons. The lowest BCUT2D eigenvalue weighted by Gasteiger charge is -2.26. The third-order valence-electron chi connectivity index (χ3n) is 5.03. The first kappa shape index (κ1) is 15.7. The van der Waals surface area contributed by atoms with Crippen molar-refractivity contribution in [2.75, 3.05) is 0 Å². The smallest absolute Gasteiger partial charge is 0.0631 e. The predicted molar refractivity (Wildman–Crippen MR) is 75.2 cm³/mol. The van der Waals surface area contributed by atoms with Gasteiger partial charge in [-0.25, -0.2) is 0 Å². The highest BCUT2D eigenvalue weighted by Gasteiger charge is 2.39. The highest BCUT2D eigenvalue weighted by molar-refractivity contribution is 5.15. The Morgan fingerprint density at radius 3 is 1.72 bits per heavy atom. The van der Waals surface area contributed by atoms with E-state index >= 15 is 0 Å². The Morgan fingerprint density at radius 1 is 1.06 bits per heavy atom. The van der Waals surface area contributed by atoms with Gasteiger partial charge in [-0.2, -0.15) is 0 Å². The topological polar surface area (TPSA) is 66.5 Å². The molecule has 0 aromatic rings. The van der Waals surface area contributed by atoms with Crippen molar-refractivity contribution in [2.24, 2.45) is 16.6 Å². The molecule has 0 aromatic carbocycles. The summed E-state index contributed by atoms with van der Waals surface area (Å²) in [5, 5.41) is 18.7. The highest BCUT2D eigenvalue weighted by atomic mass is 16.3. The summed E-state index contributed by atoms with van der Waals surface area (Å²) >= 11 is 0. The van der Waals surface area contributed by atoms with E-state index in [0.717, 1.165) is 25.7 Å². The van der Waals surface area contributed by atoms with Crippen LogP contribution < -0.4 is 5.73 Å². The number of nitrogens with two attached hydrogens (primary N) is 1.